The third-order valence-electron chi connectivity index (χ3n) is 5.22. The van der Waals surface area contributed by atoms with Crippen LogP contribution < -0.4 is 11.1 Å². The summed E-state index contributed by atoms with van der Waals surface area (Å²) in [6.07, 6.45) is 9.65. The first-order chi connectivity index (χ1) is 9.25. The fourth-order valence-electron chi connectivity index (χ4n) is 3.99. The fraction of sp³-hybridized carbons (Fsp3) is 1.00. The van der Waals surface area contributed by atoms with Gasteiger partial charge in [0.1, 0.15) is 0 Å². The molecule has 0 spiro atoms. The third kappa shape index (κ3) is 3.30. The summed E-state index contributed by atoms with van der Waals surface area (Å²) in [5.41, 5.74) is 6.02. The molecule has 0 radical (unpaired) electrons. The van der Waals surface area contributed by atoms with Crippen LogP contribution in [-0.2, 0) is 4.74 Å². The van der Waals surface area contributed by atoms with Gasteiger partial charge in [-0.15, -0.1) is 0 Å². The van der Waals surface area contributed by atoms with Crippen LogP contribution >= 0.6 is 0 Å². The molecular formula is C15H30N2O2. The lowest BCUT2D eigenvalue weighted by Gasteiger charge is -2.47. The number of hydrogen-bond donors (Lipinski definition) is 3. The molecule has 0 amide bonds. The lowest BCUT2D eigenvalue weighted by Crippen LogP contribution is -2.65. The number of ether oxygens (including phenoxy) is 1. The molecule has 0 aromatic heterocycles. The van der Waals surface area contributed by atoms with Crippen LogP contribution in [0.4, 0.5) is 0 Å². The molecule has 2 saturated carbocycles. The van der Waals surface area contributed by atoms with Crippen molar-refractivity contribution in [2.24, 2.45) is 11.7 Å². The smallest absolute Gasteiger partial charge is 0.0765 e. The van der Waals surface area contributed by atoms with E-state index in [4.69, 9.17) is 10.5 Å². The van der Waals surface area contributed by atoms with Gasteiger partial charge in [-0.25, -0.2) is 0 Å². The summed E-state index contributed by atoms with van der Waals surface area (Å²) in [7, 11) is 1.80. The normalized spacial score (nSPS) is 40.3. The molecule has 4 heteroatoms. The second kappa shape index (κ2) is 7.02. The summed E-state index contributed by atoms with van der Waals surface area (Å²) in [6, 6.07) is 0.401. The van der Waals surface area contributed by atoms with Gasteiger partial charge in [0.2, 0.25) is 0 Å². The van der Waals surface area contributed by atoms with Crippen molar-refractivity contribution in [1.29, 1.82) is 0 Å². The Balaban J connectivity index is 2.07. The van der Waals surface area contributed by atoms with Gasteiger partial charge in [-0.2, -0.15) is 0 Å². The van der Waals surface area contributed by atoms with E-state index in [-0.39, 0.29) is 18.2 Å². The molecule has 112 valence electrons. The molecule has 0 aromatic carbocycles. The number of nitrogens with one attached hydrogen (secondary N) is 1. The van der Waals surface area contributed by atoms with Gasteiger partial charge in [-0.05, 0) is 31.6 Å². The lowest BCUT2D eigenvalue weighted by molar-refractivity contribution is -0.0226. The Morgan fingerprint density at radius 1 is 1.21 bits per heavy atom. The second-order valence-electron chi connectivity index (χ2n) is 6.31. The summed E-state index contributed by atoms with van der Waals surface area (Å²) in [5, 5.41) is 13.4. The van der Waals surface area contributed by atoms with Crippen LogP contribution in [-0.4, -0.2) is 43.1 Å². The maximum atomic E-state index is 9.57. The summed E-state index contributed by atoms with van der Waals surface area (Å²) < 4.78 is 5.70. The molecule has 19 heavy (non-hydrogen) atoms. The van der Waals surface area contributed by atoms with E-state index in [1.165, 1.54) is 25.7 Å². The molecule has 0 aliphatic heterocycles. The first kappa shape index (κ1) is 15.2. The number of methoxy groups -OCH3 is 1. The van der Waals surface area contributed by atoms with Crippen molar-refractivity contribution in [2.75, 3.05) is 20.3 Å². The van der Waals surface area contributed by atoms with E-state index < -0.39 is 0 Å². The van der Waals surface area contributed by atoms with E-state index >= 15 is 0 Å². The molecule has 0 bridgehead atoms. The molecule has 4 nitrogen and oxygen atoms in total. The van der Waals surface area contributed by atoms with Gasteiger partial charge in [0.15, 0.2) is 0 Å². The lowest BCUT2D eigenvalue weighted by atomic mass is 9.76. The SMILES string of the molecule is COC1CCCCC1(CN)NC1CCCCC1CO. The Kier molecular flexibility index (Phi) is 5.63. The number of aliphatic hydroxyl groups is 1. The third-order valence-corrected chi connectivity index (χ3v) is 5.22. The highest BCUT2D eigenvalue weighted by molar-refractivity contribution is 5.02. The summed E-state index contributed by atoms with van der Waals surface area (Å²) in [4.78, 5) is 0. The van der Waals surface area contributed by atoms with E-state index in [0.29, 0.717) is 18.5 Å². The number of nitrogens with two attached hydrogens (primary N) is 1. The molecule has 2 fully saturated rings. The topological polar surface area (TPSA) is 67.5 Å². The maximum Gasteiger partial charge on any atom is 0.0765 e. The molecule has 2 aliphatic rings. The molecule has 2 aliphatic carbocycles. The van der Waals surface area contributed by atoms with Crippen molar-refractivity contribution in [2.45, 2.75) is 69.1 Å². The van der Waals surface area contributed by atoms with Gasteiger partial charge < -0.3 is 20.9 Å². The van der Waals surface area contributed by atoms with Crippen molar-refractivity contribution >= 4 is 0 Å². The van der Waals surface area contributed by atoms with E-state index in [2.05, 4.69) is 5.32 Å². The molecule has 0 aromatic rings. The average Bonchev–Trinajstić information content (AvgIpc) is 2.48. The first-order valence-corrected chi connectivity index (χ1v) is 7.87. The van der Waals surface area contributed by atoms with Crippen molar-refractivity contribution in [1.82, 2.24) is 5.32 Å². The van der Waals surface area contributed by atoms with Crippen molar-refractivity contribution in [3.05, 3.63) is 0 Å². The minimum absolute atomic E-state index is 0.0809. The number of hydrogen-bond acceptors (Lipinski definition) is 4. The first-order valence-electron chi connectivity index (χ1n) is 7.87. The molecule has 0 heterocycles. The van der Waals surface area contributed by atoms with Crippen molar-refractivity contribution < 1.29 is 9.84 Å². The zero-order valence-electron chi connectivity index (χ0n) is 12.2. The minimum Gasteiger partial charge on any atom is -0.396 e. The predicted octanol–water partition coefficient (Wildman–Crippen LogP) is 1.41. The second-order valence-corrected chi connectivity index (χ2v) is 6.31. The van der Waals surface area contributed by atoms with Gasteiger partial charge in [0, 0.05) is 26.3 Å². The van der Waals surface area contributed by atoms with Crippen LogP contribution in [0.1, 0.15) is 51.4 Å². The van der Waals surface area contributed by atoms with Crippen LogP contribution in [0.2, 0.25) is 0 Å². The monoisotopic (exact) mass is 270 g/mol. The van der Waals surface area contributed by atoms with Crippen LogP contribution in [0.25, 0.3) is 0 Å². The predicted molar refractivity (Wildman–Crippen MR) is 77.0 cm³/mol. The molecule has 2 rings (SSSR count). The fourth-order valence-corrected chi connectivity index (χ4v) is 3.99. The maximum absolute atomic E-state index is 9.57. The molecule has 4 unspecified atom stereocenters. The molecule has 4 N–H and O–H groups in total. The van der Waals surface area contributed by atoms with E-state index in [0.717, 1.165) is 25.7 Å². The van der Waals surface area contributed by atoms with Crippen LogP contribution in [0.5, 0.6) is 0 Å². The molecule has 4 atom stereocenters. The standard InChI is InChI=1S/C15H30N2O2/c1-19-14-8-4-5-9-15(14,11-16)17-13-7-3-2-6-12(13)10-18/h12-14,17-18H,2-11,16H2,1H3. The Hall–Kier alpha value is -0.160. The van der Waals surface area contributed by atoms with Crippen molar-refractivity contribution in [3.63, 3.8) is 0 Å². The van der Waals surface area contributed by atoms with Crippen molar-refractivity contribution in [3.8, 4) is 0 Å². The van der Waals surface area contributed by atoms with E-state index in [1.807, 2.05) is 0 Å². The Bertz CT molecular complexity index is 275. The molecular weight excluding hydrogens is 240 g/mol. The largest absolute Gasteiger partial charge is 0.396 e. The van der Waals surface area contributed by atoms with Gasteiger partial charge in [-0.3, -0.25) is 0 Å². The Labute approximate surface area is 117 Å². The highest BCUT2D eigenvalue weighted by Gasteiger charge is 2.42. The highest BCUT2D eigenvalue weighted by atomic mass is 16.5. The average molecular weight is 270 g/mol. The van der Waals surface area contributed by atoms with Gasteiger partial charge in [0.05, 0.1) is 11.6 Å². The summed E-state index contributed by atoms with van der Waals surface area (Å²) >= 11 is 0. The highest BCUT2D eigenvalue weighted by Crippen LogP contribution is 2.33. The van der Waals surface area contributed by atoms with Gasteiger partial charge in [0.25, 0.3) is 0 Å². The number of rotatable bonds is 5. The van der Waals surface area contributed by atoms with E-state index in [1.54, 1.807) is 7.11 Å². The van der Waals surface area contributed by atoms with Crippen LogP contribution in [0, 0.1) is 5.92 Å². The minimum atomic E-state index is -0.0809. The summed E-state index contributed by atoms with van der Waals surface area (Å²) in [6.45, 7) is 0.913. The van der Waals surface area contributed by atoms with Gasteiger partial charge in [-0.1, -0.05) is 25.7 Å². The van der Waals surface area contributed by atoms with Crippen LogP contribution in [0.15, 0.2) is 0 Å². The molecule has 0 saturated heterocycles. The zero-order valence-corrected chi connectivity index (χ0v) is 12.2. The van der Waals surface area contributed by atoms with Crippen LogP contribution in [0.3, 0.4) is 0 Å². The quantitative estimate of drug-likeness (QED) is 0.707. The zero-order chi connectivity index (χ0) is 13.7. The van der Waals surface area contributed by atoms with E-state index in [9.17, 15) is 5.11 Å². The summed E-state index contributed by atoms with van der Waals surface area (Å²) in [5.74, 6) is 0.386. The van der Waals surface area contributed by atoms with Gasteiger partial charge >= 0.3 is 0 Å². The number of aliphatic hydroxyl groups excluding tert-OH is 1. The Morgan fingerprint density at radius 3 is 2.63 bits per heavy atom. The Morgan fingerprint density at radius 2 is 1.95 bits per heavy atom.